The van der Waals surface area contributed by atoms with E-state index in [0.717, 1.165) is 0 Å². The zero-order valence-corrected chi connectivity index (χ0v) is 10.2. The highest BCUT2D eigenvalue weighted by Crippen LogP contribution is 2.34. The van der Waals surface area contributed by atoms with Gasteiger partial charge in [0, 0.05) is 12.1 Å². The average molecular weight is 263 g/mol. The molecule has 0 radical (unpaired) electrons. The highest BCUT2D eigenvalue weighted by molar-refractivity contribution is 5.82. The van der Waals surface area contributed by atoms with Crippen molar-refractivity contribution in [2.45, 2.75) is 13.1 Å². The smallest absolute Gasteiger partial charge is 0.165 e. The van der Waals surface area contributed by atoms with Crippen LogP contribution in [0.25, 0.3) is 11.0 Å². The van der Waals surface area contributed by atoms with Crippen LogP contribution >= 0.6 is 0 Å². The van der Waals surface area contributed by atoms with E-state index in [4.69, 9.17) is 9.47 Å². The van der Waals surface area contributed by atoms with Gasteiger partial charge >= 0.3 is 0 Å². The number of carbonyl (C=O) groups is 1. The number of carbonyl (C=O) groups excluding carboxylic acids is 1. The van der Waals surface area contributed by atoms with Gasteiger partial charge in [0.05, 0.1) is 23.5 Å². The Morgan fingerprint density at radius 1 is 1.37 bits per heavy atom. The number of nitrogens with zero attached hydrogens (tertiary/aromatic N) is 2. The number of benzene rings is 1. The Morgan fingerprint density at radius 3 is 2.68 bits per heavy atom. The largest absolute Gasteiger partial charge is 0.548 e. The molecule has 0 saturated heterocycles. The molecule has 7 nitrogen and oxygen atoms in total. The van der Waals surface area contributed by atoms with Gasteiger partial charge in [-0.1, -0.05) is 0 Å². The number of hydrogen-bond donors (Lipinski definition) is 1. The van der Waals surface area contributed by atoms with Gasteiger partial charge in [0.15, 0.2) is 17.3 Å². The van der Waals surface area contributed by atoms with Gasteiger partial charge in [0.25, 0.3) is 0 Å². The molecule has 0 bridgehead atoms. The van der Waals surface area contributed by atoms with Crippen LogP contribution in [0.2, 0.25) is 0 Å². The SMILES string of the molecule is [NH3+]Cc1nc2cc3c(cc2n1CC(=O)[O-])OCCO3. The number of rotatable bonds is 3. The van der Waals surface area contributed by atoms with E-state index in [1.165, 1.54) is 0 Å². The van der Waals surface area contributed by atoms with E-state index in [2.05, 4.69) is 10.7 Å². The highest BCUT2D eigenvalue weighted by atomic mass is 16.6. The van der Waals surface area contributed by atoms with Gasteiger partial charge in [-0.05, 0) is 0 Å². The van der Waals surface area contributed by atoms with Crippen LogP contribution in [0.4, 0.5) is 0 Å². The third-order valence-electron chi connectivity index (χ3n) is 3.00. The van der Waals surface area contributed by atoms with Crippen molar-refractivity contribution >= 4 is 17.0 Å². The number of quaternary nitrogens is 1. The number of ether oxygens (including phenoxy) is 2. The third kappa shape index (κ3) is 1.97. The van der Waals surface area contributed by atoms with Crippen LogP contribution in [-0.2, 0) is 17.9 Å². The van der Waals surface area contributed by atoms with Gasteiger partial charge in [0.1, 0.15) is 19.8 Å². The van der Waals surface area contributed by atoms with E-state index in [-0.39, 0.29) is 6.54 Å². The zero-order chi connectivity index (χ0) is 13.4. The standard InChI is InChI=1S/C12H13N3O4/c13-5-11-14-7-3-9-10(19-2-1-18-9)4-8(7)15(11)6-12(16)17/h3-4H,1-2,5-6,13H2,(H,16,17). The second kappa shape index (κ2) is 4.43. The molecule has 19 heavy (non-hydrogen) atoms. The molecule has 0 spiro atoms. The third-order valence-corrected chi connectivity index (χ3v) is 3.00. The average Bonchev–Trinajstić information content (AvgIpc) is 2.73. The summed E-state index contributed by atoms with van der Waals surface area (Å²) in [6, 6.07) is 3.51. The fourth-order valence-electron chi connectivity index (χ4n) is 2.21. The molecule has 0 amide bonds. The summed E-state index contributed by atoms with van der Waals surface area (Å²) in [5, 5.41) is 10.8. The molecule has 0 unspecified atom stereocenters. The molecule has 3 rings (SSSR count). The number of carboxylic acid groups (broad SMARTS) is 1. The van der Waals surface area contributed by atoms with Gasteiger partial charge in [-0.3, -0.25) is 0 Å². The van der Waals surface area contributed by atoms with Crippen LogP contribution < -0.4 is 20.3 Å². The molecule has 1 aromatic carbocycles. The first kappa shape index (κ1) is 11.8. The predicted octanol–water partition coefficient (Wildman–Crippen LogP) is -1.70. The van der Waals surface area contributed by atoms with Crippen molar-refractivity contribution in [1.29, 1.82) is 0 Å². The maximum Gasteiger partial charge on any atom is 0.165 e. The molecule has 2 aromatic rings. The first-order valence-electron chi connectivity index (χ1n) is 5.97. The summed E-state index contributed by atoms with van der Waals surface area (Å²) < 4.78 is 12.5. The van der Waals surface area contributed by atoms with Gasteiger partial charge in [0.2, 0.25) is 0 Å². The number of carboxylic acids is 1. The van der Waals surface area contributed by atoms with E-state index in [1.54, 1.807) is 16.7 Å². The Morgan fingerprint density at radius 2 is 2.05 bits per heavy atom. The monoisotopic (exact) mass is 263 g/mol. The summed E-state index contributed by atoms with van der Waals surface area (Å²) in [7, 11) is 0. The van der Waals surface area contributed by atoms with Gasteiger partial charge in [-0.2, -0.15) is 0 Å². The Bertz CT molecular complexity index is 650. The number of imidazole rings is 1. The van der Waals surface area contributed by atoms with Gasteiger partial charge < -0.3 is 29.7 Å². The Kier molecular flexibility index (Phi) is 2.75. The van der Waals surface area contributed by atoms with Crippen LogP contribution in [0, 0.1) is 0 Å². The minimum atomic E-state index is -1.16. The number of aliphatic carboxylic acids is 1. The summed E-state index contributed by atoms with van der Waals surface area (Å²) in [5.41, 5.74) is 5.12. The van der Waals surface area contributed by atoms with E-state index in [0.29, 0.717) is 48.1 Å². The first-order valence-corrected chi connectivity index (χ1v) is 5.97. The lowest BCUT2D eigenvalue weighted by Crippen LogP contribution is -2.48. The maximum atomic E-state index is 10.8. The van der Waals surface area contributed by atoms with Crippen LogP contribution in [0.5, 0.6) is 11.5 Å². The maximum absolute atomic E-state index is 10.8. The number of fused-ring (bicyclic) bond motifs is 2. The normalized spacial score (nSPS) is 13.7. The van der Waals surface area contributed by atoms with Crippen molar-refractivity contribution in [3.05, 3.63) is 18.0 Å². The molecule has 100 valence electrons. The Labute approximate surface area is 108 Å². The molecule has 0 atom stereocenters. The summed E-state index contributed by atoms with van der Waals surface area (Å²) in [5.74, 6) is 0.673. The zero-order valence-electron chi connectivity index (χ0n) is 10.2. The molecule has 7 heteroatoms. The van der Waals surface area contributed by atoms with E-state index in [1.807, 2.05) is 0 Å². The van der Waals surface area contributed by atoms with Crippen molar-refractivity contribution in [2.75, 3.05) is 13.2 Å². The fraction of sp³-hybridized carbons (Fsp3) is 0.333. The quantitative estimate of drug-likeness (QED) is 0.710. The molecule has 0 saturated carbocycles. The topological polar surface area (TPSA) is 104 Å². The minimum Gasteiger partial charge on any atom is -0.548 e. The van der Waals surface area contributed by atoms with E-state index < -0.39 is 5.97 Å². The first-order chi connectivity index (χ1) is 9.19. The molecule has 1 aliphatic heterocycles. The number of hydrogen-bond acceptors (Lipinski definition) is 5. The van der Waals surface area contributed by atoms with Crippen LogP contribution in [0.1, 0.15) is 5.82 Å². The molecule has 1 aromatic heterocycles. The van der Waals surface area contributed by atoms with Crippen LogP contribution in [0.3, 0.4) is 0 Å². The molecule has 0 aliphatic carbocycles. The summed E-state index contributed by atoms with van der Waals surface area (Å²) in [4.78, 5) is 15.2. The minimum absolute atomic E-state index is 0.249. The lowest BCUT2D eigenvalue weighted by Gasteiger charge is -2.18. The predicted molar refractivity (Wildman–Crippen MR) is 62.3 cm³/mol. The van der Waals surface area contributed by atoms with Crippen molar-refractivity contribution in [3.63, 3.8) is 0 Å². The lowest BCUT2D eigenvalue weighted by atomic mass is 10.2. The number of aromatic nitrogens is 2. The van der Waals surface area contributed by atoms with Crippen LogP contribution in [-0.4, -0.2) is 28.7 Å². The van der Waals surface area contributed by atoms with Crippen molar-refractivity contribution in [3.8, 4) is 11.5 Å². The summed E-state index contributed by atoms with van der Waals surface area (Å²) in [6.45, 7) is 1.13. The Balaban J connectivity index is 2.19. The van der Waals surface area contributed by atoms with E-state index >= 15 is 0 Å². The van der Waals surface area contributed by atoms with Gasteiger partial charge in [-0.15, -0.1) is 0 Å². The highest BCUT2D eigenvalue weighted by Gasteiger charge is 2.18. The Hall–Kier alpha value is -2.28. The van der Waals surface area contributed by atoms with Crippen LogP contribution in [0.15, 0.2) is 12.1 Å². The van der Waals surface area contributed by atoms with Gasteiger partial charge in [-0.25, -0.2) is 4.98 Å². The molecule has 2 heterocycles. The fourth-order valence-corrected chi connectivity index (χ4v) is 2.21. The summed E-state index contributed by atoms with van der Waals surface area (Å²) in [6.07, 6.45) is 0. The molecule has 3 N–H and O–H groups in total. The van der Waals surface area contributed by atoms with Crippen molar-refractivity contribution in [1.82, 2.24) is 9.55 Å². The molecule has 0 fully saturated rings. The molecular formula is C12H13N3O4. The van der Waals surface area contributed by atoms with Crippen molar-refractivity contribution < 1.29 is 25.1 Å². The van der Waals surface area contributed by atoms with Crippen molar-refractivity contribution in [2.24, 2.45) is 0 Å². The summed E-state index contributed by atoms with van der Waals surface area (Å²) >= 11 is 0. The van der Waals surface area contributed by atoms with E-state index in [9.17, 15) is 9.90 Å². The second-order valence-electron chi connectivity index (χ2n) is 4.22. The molecule has 1 aliphatic rings. The molecular weight excluding hydrogens is 250 g/mol. The lowest BCUT2D eigenvalue weighted by molar-refractivity contribution is -0.388. The second-order valence-corrected chi connectivity index (χ2v) is 4.22.